The Morgan fingerprint density at radius 2 is 2.35 bits per heavy atom. The first-order valence-corrected chi connectivity index (χ1v) is 6.95. The molecule has 0 aliphatic carbocycles. The van der Waals surface area contributed by atoms with Crippen molar-refractivity contribution in [2.45, 2.75) is 11.6 Å². The molecule has 0 atom stereocenters. The van der Waals surface area contributed by atoms with Gasteiger partial charge in [0.25, 0.3) is 10.0 Å². The maximum absolute atomic E-state index is 12.0. The Kier molecular flexibility index (Phi) is 3.31. The second-order valence-electron chi connectivity index (χ2n) is 3.35. The Labute approximate surface area is 106 Å². The smallest absolute Gasteiger partial charge is 0.260 e. The lowest BCUT2D eigenvalue weighted by Crippen LogP contribution is -2.25. The fourth-order valence-electron chi connectivity index (χ4n) is 1.32. The minimum Gasteiger partial charge on any atom is -0.367 e. The number of nitrogens with one attached hydrogen (secondary N) is 2. The number of sulfonamides is 1. The maximum Gasteiger partial charge on any atom is 0.260 e. The van der Waals surface area contributed by atoms with Crippen molar-refractivity contribution in [3.05, 3.63) is 28.6 Å². The van der Waals surface area contributed by atoms with Crippen LogP contribution < -0.4 is 4.72 Å². The highest BCUT2D eigenvalue weighted by atomic mass is 79.9. The molecule has 0 saturated heterocycles. The van der Waals surface area contributed by atoms with Crippen LogP contribution in [0.2, 0.25) is 0 Å². The molecule has 0 unspecified atom stereocenters. The van der Waals surface area contributed by atoms with Gasteiger partial charge in [0.2, 0.25) is 5.03 Å². The van der Waals surface area contributed by atoms with E-state index in [4.69, 9.17) is 0 Å². The topological polar surface area (TPSA) is 92.7 Å². The van der Waals surface area contributed by atoms with Crippen LogP contribution >= 0.6 is 15.9 Å². The van der Waals surface area contributed by atoms with E-state index in [1.54, 1.807) is 18.5 Å². The van der Waals surface area contributed by atoms with Crippen molar-refractivity contribution < 1.29 is 8.42 Å². The Bertz CT molecular complexity index is 584. The number of nitrogens with zero attached hydrogens (tertiary/aromatic N) is 3. The standard InChI is InChI=1S/C8H10BrN5O2S/c1-14-8(7(9)12-13-14)17(15,16)11-5-6-2-3-10-4-6/h2-4,10-11H,5H2,1H3. The second-order valence-corrected chi connectivity index (χ2v) is 5.79. The molecule has 0 spiro atoms. The molecule has 2 aromatic rings. The highest BCUT2D eigenvalue weighted by Gasteiger charge is 2.23. The highest BCUT2D eigenvalue weighted by molar-refractivity contribution is 9.10. The van der Waals surface area contributed by atoms with Crippen LogP contribution in [0.3, 0.4) is 0 Å². The van der Waals surface area contributed by atoms with Crippen molar-refractivity contribution >= 4 is 26.0 Å². The fraction of sp³-hybridized carbons (Fsp3) is 0.250. The molecular formula is C8H10BrN5O2S. The van der Waals surface area contributed by atoms with Gasteiger partial charge in [-0.25, -0.2) is 17.8 Å². The van der Waals surface area contributed by atoms with Gasteiger partial charge in [-0.3, -0.25) is 0 Å². The molecule has 2 heterocycles. The number of rotatable bonds is 4. The van der Waals surface area contributed by atoms with E-state index in [0.717, 1.165) is 5.56 Å². The SMILES string of the molecule is Cn1nnc(Br)c1S(=O)(=O)NCc1cc[nH]c1. The zero-order valence-corrected chi connectivity index (χ0v) is 11.3. The molecule has 0 radical (unpaired) electrons. The van der Waals surface area contributed by atoms with Gasteiger partial charge < -0.3 is 4.98 Å². The summed E-state index contributed by atoms with van der Waals surface area (Å²) in [5.74, 6) is 0. The van der Waals surface area contributed by atoms with Crippen LogP contribution in [0.25, 0.3) is 0 Å². The number of H-pyrrole nitrogens is 1. The zero-order valence-electron chi connectivity index (χ0n) is 8.88. The van der Waals surface area contributed by atoms with Gasteiger partial charge >= 0.3 is 0 Å². The van der Waals surface area contributed by atoms with Gasteiger partial charge in [-0.2, -0.15) is 0 Å². The van der Waals surface area contributed by atoms with Gasteiger partial charge in [0.15, 0.2) is 4.60 Å². The van der Waals surface area contributed by atoms with Gasteiger partial charge in [0, 0.05) is 26.0 Å². The molecule has 17 heavy (non-hydrogen) atoms. The molecule has 2 aromatic heterocycles. The molecule has 0 aliphatic heterocycles. The van der Waals surface area contributed by atoms with E-state index in [2.05, 4.69) is 35.9 Å². The normalized spacial score (nSPS) is 11.9. The molecule has 9 heteroatoms. The quantitative estimate of drug-likeness (QED) is 0.852. The first-order valence-electron chi connectivity index (χ1n) is 4.67. The summed E-state index contributed by atoms with van der Waals surface area (Å²) in [5.41, 5.74) is 0.847. The average molecular weight is 320 g/mol. The largest absolute Gasteiger partial charge is 0.367 e. The van der Waals surface area contributed by atoms with Crippen molar-refractivity contribution in [1.82, 2.24) is 24.7 Å². The predicted molar refractivity (Wildman–Crippen MR) is 63.5 cm³/mol. The molecule has 2 rings (SSSR count). The van der Waals surface area contributed by atoms with E-state index in [9.17, 15) is 8.42 Å². The maximum atomic E-state index is 12.0. The van der Waals surface area contributed by atoms with Gasteiger partial charge in [0.1, 0.15) is 0 Å². The third-order valence-electron chi connectivity index (χ3n) is 2.12. The summed E-state index contributed by atoms with van der Waals surface area (Å²) in [6.45, 7) is 0.212. The zero-order chi connectivity index (χ0) is 12.5. The lowest BCUT2D eigenvalue weighted by molar-refractivity contribution is 0.560. The molecule has 92 valence electrons. The summed E-state index contributed by atoms with van der Waals surface area (Å²) < 4.78 is 27.8. The molecule has 0 bridgehead atoms. The molecule has 7 nitrogen and oxygen atoms in total. The first-order chi connectivity index (χ1) is 8.00. The van der Waals surface area contributed by atoms with Gasteiger partial charge in [0.05, 0.1) is 0 Å². The van der Waals surface area contributed by atoms with Gasteiger partial charge in [-0.05, 0) is 27.6 Å². The van der Waals surface area contributed by atoms with Crippen molar-refractivity contribution in [2.75, 3.05) is 0 Å². The lowest BCUT2D eigenvalue weighted by Gasteiger charge is -2.05. The van der Waals surface area contributed by atoms with E-state index >= 15 is 0 Å². The van der Waals surface area contributed by atoms with Crippen LogP contribution in [0.1, 0.15) is 5.56 Å². The summed E-state index contributed by atoms with van der Waals surface area (Å²) in [6.07, 6.45) is 3.45. The second kappa shape index (κ2) is 4.59. The number of hydrogen-bond donors (Lipinski definition) is 2. The third kappa shape index (κ3) is 2.56. The number of aromatic amines is 1. The van der Waals surface area contributed by atoms with Crippen molar-refractivity contribution in [1.29, 1.82) is 0 Å². The average Bonchev–Trinajstić information content (AvgIpc) is 2.86. The van der Waals surface area contributed by atoms with Crippen LogP contribution in [0.15, 0.2) is 28.1 Å². The third-order valence-corrected chi connectivity index (χ3v) is 4.41. The molecule has 2 N–H and O–H groups in total. The Hall–Kier alpha value is -1.19. The Balaban J connectivity index is 2.20. The van der Waals surface area contributed by atoms with Crippen molar-refractivity contribution in [3.63, 3.8) is 0 Å². The minimum absolute atomic E-state index is 0.00744. The van der Waals surface area contributed by atoms with Crippen LogP contribution in [-0.4, -0.2) is 28.4 Å². The van der Waals surface area contributed by atoms with Crippen molar-refractivity contribution in [2.24, 2.45) is 7.05 Å². The summed E-state index contributed by atoms with van der Waals surface area (Å²) in [4.78, 5) is 2.85. The van der Waals surface area contributed by atoms with Crippen LogP contribution in [0.4, 0.5) is 0 Å². The predicted octanol–water partition coefficient (Wildman–Crippen LogP) is 0.384. The number of hydrogen-bond acceptors (Lipinski definition) is 4. The van der Waals surface area contributed by atoms with E-state index in [0.29, 0.717) is 0 Å². The summed E-state index contributed by atoms with van der Waals surface area (Å²) in [6, 6.07) is 1.79. The van der Waals surface area contributed by atoms with E-state index in [1.165, 1.54) is 11.7 Å². The summed E-state index contributed by atoms with van der Waals surface area (Å²) in [7, 11) is -2.11. The fourth-order valence-corrected chi connectivity index (χ4v) is 3.43. The summed E-state index contributed by atoms with van der Waals surface area (Å²) >= 11 is 3.05. The van der Waals surface area contributed by atoms with E-state index in [1.807, 2.05) is 0 Å². The van der Waals surface area contributed by atoms with Gasteiger partial charge in [-0.15, -0.1) is 5.10 Å². The molecule has 0 saturated carbocycles. The van der Waals surface area contributed by atoms with Gasteiger partial charge in [-0.1, -0.05) is 5.21 Å². The first kappa shape index (κ1) is 12.3. The molecule has 0 amide bonds. The van der Waals surface area contributed by atoms with Crippen LogP contribution in [-0.2, 0) is 23.6 Å². The monoisotopic (exact) mass is 319 g/mol. The van der Waals surface area contributed by atoms with Crippen LogP contribution in [0.5, 0.6) is 0 Å². The number of aryl methyl sites for hydroxylation is 1. The molecule has 0 aromatic carbocycles. The summed E-state index contributed by atoms with van der Waals surface area (Å²) in [5, 5.41) is 7.26. The van der Waals surface area contributed by atoms with Crippen molar-refractivity contribution in [3.8, 4) is 0 Å². The molecular weight excluding hydrogens is 310 g/mol. The minimum atomic E-state index is -3.63. The highest BCUT2D eigenvalue weighted by Crippen LogP contribution is 2.17. The molecule has 0 fully saturated rings. The number of halogens is 1. The Morgan fingerprint density at radius 3 is 2.88 bits per heavy atom. The Morgan fingerprint density at radius 1 is 1.59 bits per heavy atom. The molecule has 0 aliphatic rings. The number of aromatic nitrogens is 4. The van der Waals surface area contributed by atoms with Crippen LogP contribution in [0, 0.1) is 0 Å². The van der Waals surface area contributed by atoms with E-state index in [-0.39, 0.29) is 16.2 Å². The van der Waals surface area contributed by atoms with E-state index < -0.39 is 10.0 Å². The lowest BCUT2D eigenvalue weighted by atomic mass is 10.4.